The molecule has 1 atom stereocenters. The Bertz CT molecular complexity index is 652. The smallest absolute Gasteiger partial charge is 0.330 e. The highest BCUT2D eigenvalue weighted by Crippen LogP contribution is 2.30. The quantitative estimate of drug-likeness (QED) is 0.358. The van der Waals surface area contributed by atoms with Crippen LogP contribution in [-0.2, 0) is 9.53 Å². The Balaban J connectivity index is 2.14. The molecule has 1 aliphatic heterocycles. The van der Waals surface area contributed by atoms with Gasteiger partial charge in [0.2, 0.25) is 0 Å². The van der Waals surface area contributed by atoms with Gasteiger partial charge in [-0.25, -0.2) is 4.79 Å². The molecule has 0 aliphatic carbocycles. The van der Waals surface area contributed by atoms with E-state index < -0.39 is 10.9 Å². The fourth-order valence-electron chi connectivity index (χ4n) is 2.84. The van der Waals surface area contributed by atoms with Crippen molar-refractivity contribution in [2.45, 2.75) is 13.0 Å². The first kappa shape index (κ1) is 18.9. The van der Waals surface area contributed by atoms with Crippen molar-refractivity contribution in [1.29, 1.82) is 0 Å². The Kier molecular flexibility index (Phi) is 6.49. The molecule has 2 rings (SSSR count). The van der Waals surface area contributed by atoms with Gasteiger partial charge in [-0.2, -0.15) is 0 Å². The first-order chi connectivity index (χ1) is 11.9. The molecule has 1 saturated heterocycles. The number of aliphatic hydroxyl groups excluding tert-OH is 1. The number of aliphatic hydroxyl groups is 1. The van der Waals surface area contributed by atoms with Crippen molar-refractivity contribution in [2.75, 3.05) is 44.7 Å². The Hall–Kier alpha value is -2.45. The first-order valence-electron chi connectivity index (χ1n) is 8.10. The Morgan fingerprint density at radius 2 is 2.08 bits per heavy atom. The van der Waals surface area contributed by atoms with Gasteiger partial charge in [-0.15, -0.1) is 0 Å². The summed E-state index contributed by atoms with van der Waals surface area (Å²) in [5.74, 6) is -0.513. The van der Waals surface area contributed by atoms with Crippen LogP contribution in [0.1, 0.15) is 12.5 Å². The number of β-amino-alcohol motifs (C(OH)–C–C–N with tert-alkyl or cyclic N) is 1. The van der Waals surface area contributed by atoms with Crippen LogP contribution in [0.15, 0.2) is 24.3 Å². The molecule has 0 spiro atoms. The monoisotopic (exact) mass is 349 g/mol. The maximum absolute atomic E-state index is 11.4. The topological polar surface area (TPSA) is 96.2 Å². The van der Waals surface area contributed by atoms with Crippen LogP contribution in [0.25, 0.3) is 6.08 Å². The third kappa shape index (κ3) is 5.27. The summed E-state index contributed by atoms with van der Waals surface area (Å²) in [6.45, 7) is 5.15. The van der Waals surface area contributed by atoms with Crippen LogP contribution in [0.4, 0.5) is 11.4 Å². The average molecular weight is 349 g/mol. The number of benzene rings is 1. The number of hydrogen-bond donors (Lipinski definition) is 1. The molecule has 0 bridgehead atoms. The number of methoxy groups -OCH3 is 1. The van der Waals surface area contributed by atoms with Crippen LogP contribution in [0.2, 0.25) is 0 Å². The van der Waals surface area contributed by atoms with Crippen LogP contribution >= 0.6 is 0 Å². The number of piperazine rings is 1. The Morgan fingerprint density at radius 3 is 2.64 bits per heavy atom. The number of carbonyl (C=O) groups excluding carboxylic acids is 1. The highest BCUT2D eigenvalue weighted by Gasteiger charge is 2.24. The van der Waals surface area contributed by atoms with Crippen LogP contribution in [0.5, 0.6) is 0 Å². The molecule has 0 saturated carbocycles. The zero-order chi connectivity index (χ0) is 18.4. The van der Waals surface area contributed by atoms with E-state index in [1.807, 2.05) is 4.90 Å². The number of esters is 1. The summed E-state index contributed by atoms with van der Waals surface area (Å²) < 4.78 is 4.52. The van der Waals surface area contributed by atoms with E-state index >= 15 is 0 Å². The lowest BCUT2D eigenvalue weighted by Crippen LogP contribution is -2.48. The molecule has 8 nitrogen and oxygen atoms in total. The number of hydrogen-bond acceptors (Lipinski definition) is 7. The van der Waals surface area contributed by atoms with Gasteiger partial charge in [-0.3, -0.25) is 15.0 Å². The van der Waals surface area contributed by atoms with Crippen LogP contribution in [0, 0.1) is 10.1 Å². The number of nitro benzene ring substituents is 1. The van der Waals surface area contributed by atoms with E-state index in [1.54, 1.807) is 19.1 Å². The van der Waals surface area contributed by atoms with Gasteiger partial charge in [-0.1, -0.05) is 6.07 Å². The molecule has 8 heteroatoms. The highest BCUT2D eigenvalue weighted by molar-refractivity contribution is 5.87. The minimum absolute atomic E-state index is 0.0102. The minimum Gasteiger partial charge on any atom is -0.466 e. The number of carbonyl (C=O) groups is 1. The van der Waals surface area contributed by atoms with Crippen molar-refractivity contribution in [3.8, 4) is 0 Å². The predicted octanol–water partition coefficient (Wildman–Crippen LogP) is 1.28. The first-order valence-corrected chi connectivity index (χ1v) is 8.10. The van der Waals surface area contributed by atoms with Crippen LogP contribution in [0.3, 0.4) is 0 Å². The zero-order valence-electron chi connectivity index (χ0n) is 14.4. The Labute approximate surface area is 146 Å². The standard InChI is InChI=1S/C17H23N3O5/c1-13(21)12-18-7-9-19(10-8-18)15-5-3-14(4-6-17(22)25-2)11-16(15)20(23)24/h3-6,11,13,21H,7-10,12H2,1-2H3. The van der Waals surface area contributed by atoms with Gasteiger partial charge >= 0.3 is 5.97 Å². The molecule has 1 aromatic rings. The lowest BCUT2D eigenvalue weighted by atomic mass is 10.1. The van der Waals surface area contributed by atoms with E-state index in [9.17, 15) is 20.0 Å². The van der Waals surface area contributed by atoms with Crippen molar-refractivity contribution in [3.63, 3.8) is 0 Å². The summed E-state index contributed by atoms with van der Waals surface area (Å²) in [6, 6.07) is 4.90. The number of rotatable bonds is 6. The van der Waals surface area contributed by atoms with Crippen molar-refractivity contribution in [3.05, 3.63) is 40.0 Å². The molecular formula is C17H23N3O5. The maximum atomic E-state index is 11.4. The average Bonchev–Trinajstić information content (AvgIpc) is 2.59. The van der Waals surface area contributed by atoms with Crippen LogP contribution < -0.4 is 4.90 Å². The second kappa shape index (κ2) is 8.59. The van der Waals surface area contributed by atoms with Crippen molar-refractivity contribution >= 4 is 23.4 Å². The van der Waals surface area contributed by atoms with E-state index in [1.165, 1.54) is 25.3 Å². The van der Waals surface area contributed by atoms with Gasteiger partial charge < -0.3 is 14.7 Å². The maximum Gasteiger partial charge on any atom is 0.330 e. The van der Waals surface area contributed by atoms with Gasteiger partial charge in [0.25, 0.3) is 5.69 Å². The molecule has 0 aromatic heterocycles. The second-order valence-corrected chi connectivity index (χ2v) is 6.00. The van der Waals surface area contributed by atoms with E-state index in [-0.39, 0.29) is 11.8 Å². The summed E-state index contributed by atoms with van der Waals surface area (Å²) >= 11 is 0. The molecule has 136 valence electrons. The molecule has 1 aromatic carbocycles. The van der Waals surface area contributed by atoms with E-state index in [2.05, 4.69) is 9.64 Å². The normalized spacial score (nSPS) is 16.8. The van der Waals surface area contributed by atoms with Gasteiger partial charge in [-0.05, 0) is 24.6 Å². The van der Waals surface area contributed by atoms with Gasteiger partial charge in [0.1, 0.15) is 5.69 Å². The van der Waals surface area contributed by atoms with Crippen LogP contribution in [-0.4, -0.2) is 66.8 Å². The number of ether oxygens (including phenoxy) is 1. The summed E-state index contributed by atoms with van der Waals surface area (Å²) in [6.07, 6.45) is 2.33. The lowest BCUT2D eigenvalue weighted by Gasteiger charge is -2.36. The molecule has 1 unspecified atom stereocenters. The molecular weight excluding hydrogens is 326 g/mol. The number of anilines is 1. The van der Waals surface area contributed by atoms with Gasteiger partial charge in [0.05, 0.1) is 18.1 Å². The molecule has 25 heavy (non-hydrogen) atoms. The summed E-state index contributed by atoms with van der Waals surface area (Å²) in [7, 11) is 1.27. The third-order valence-corrected chi connectivity index (χ3v) is 4.04. The van der Waals surface area contributed by atoms with E-state index in [0.29, 0.717) is 30.9 Å². The summed E-state index contributed by atoms with van der Waals surface area (Å²) in [4.78, 5) is 26.3. The SMILES string of the molecule is COC(=O)C=Cc1ccc(N2CCN(CC(C)O)CC2)c([N+](=O)[O-])c1. The van der Waals surface area contributed by atoms with Gasteiger partial charge in [0.15, 0.2) is 0 Å². The fourth-order valence-corrected chi connectivity index (χ4v) is 2.84. The zero-order valence-corrected chi connectivity index (χ0v) is 14.4. The van der Waals surface area contributed by atoms with Crippen molar-refractivity contribution < 1.29 is 19.6 Å². The molecule has 1 N–H and O–H groups in total. The molecule has 1 fully saturated rings. The fraction of sp³-hybridized carbons (Fsp3) is 0.471. The highest BCUT2D eigenvalue weighted by atomic mass is 16.6. The molecule has 0 amide bonds. The second-order valence-electron chi connectivity index (χ2n) is 6.00. The summed E-state index contributed by atoms with van der Waals surface area (Å²) in [5, 5.41) is 20.9. The van der Waals surface area contributed by atoms with Gasteiger partial charge in [0, 0.05) is 44.9 Å². The predicted molar refractivity (Wildman–Crippen MR) is 94.5 cm³/mol. The van der Waals surface area contributed by atoms with Crippen molar-refractivity contribution in [1.82, 2.24) is 4.90 Å². The number of nitro groups is 1. The van der Waals surface area contributed by atoms with E-state index in [4.69, 9.17) is 0 Å². The minimum atomic E-state index is -0.513. The Morgan fingerprint density at radius 1 is 1.40 bits per heavy atom. The molecule has 1 heterocycles. The summed E-state index contributed by atoms with van der Waals surface area (Å²) in [5.41, 5.74) is 1.14. The number of nitrogens with zero attached hydrogens (tertiary/aromatic N) is 3. The molecule has 0 radical (unpaired) electrons. The van der Waals surface area contributed by atoms with E-state index in [0.717, 1.165) is 13.1 Å². The van der Waals surface area contributed by atoms with Crippen molar-refractivity contribution in [2.24, 2.45) is 0 Å². The molecule has 1 aliphatic rings. The lowest BCUT2D eigenvalue weighted by molar-refractivity contribution is -0.384. The third-order valence-electron chi connectivity index (χ3n) is 4.04. The largest absolute Gasteiger partial charge is 0.466 e.